The fourth-order valence-corrected chi connectivity index (χ4v) is 1.83. The molecule has 2 rings (SSSR count). The third-order valence-corrected chi connectivity index (χ3v) is 3.36. The van der Waals surface area contributed by atoms with Gasteiger partial charge in [-0.2, -0.15) is 13.2 Å². The van der Waals surface area contributed by atoms with E-state index < -0.39 is 23.1 Å². The molecule has 8 heteroatoms. The molecular formula is C11H10ClF3N2O2. The zero-order valence-electron chi connectivity index (χ0n) is 9.59. The summed E-state index contributed by atoms with van der Waals surface area (Å²) in [5, 5.41) is 11.5. The molecule has 104 valence electrons. The fourth-order valence-electron chi connectivity index (χ4n) is 1.59. The third-order valence-electron chi connectivity index (χ3n) is 3.07. The number of nitrogens with one attached hydrogen (secondary N) is 1. The van der Waals surface area contributed by atoms with Crippen LogP contribution in [-0.4, -0.2) is 22.6 Å². The first kappa shape index (κ1) is 13.9. The van der Waals surface area contributed by atoms with Gasteiger partial charge in [0.2, 0.25) is 0 Å². The van der Waals surface area contributed by atoms with Crippen LogP contribution in [0.2, 0.25) is 5.02 Å². The average Bonchev–Trinajstić information content (AvgIpc) is 3.07. The van der Waals surface area contributed by atoms with E-state index in [1.807, 2.05) is 0 Å². The van der Waals surface area contributed by atoms with Crippen LogP contribution in [0.25, 0.3) is 0 Å². The van der Waals surface area contributed by atoms with Crippen molar-refractivity contribution in [3.8, 4) is 0 Å². The van der Waals surface area contributed by atoms with Gasteiger partial charge in [-0.25, -0.2) is 4.98 Å². The SMILES string of the molecule is O=C(O)C1(CNc2ncc(C(F)(F)F)cc2Cl)CC1. The van der Waals surface area contributed by atoms with Crippen LogP contribution in [0.1, 0.15) is 18.4 Å². The van der Waals surface area contributed by atoms with E-state index in [-0.39, 0.29) is 17.4 Å². The molecule has 1 aromatic heterocycles. The molecule has 4 nitrogen and oxygen atoms in total. The number of halogens is 4. The number of aromatic nitrogens is 1. The van der Waals surface area contributed by atoms with Crippen LogP contribution in [-0.2, 0) is 11.0 Å². The lowest BCUT2D eigenvalue weighted by molar-refractivity contribution is -0.142. The summed E-state index contributed by atoms with van der Waals surface area (Å²) in [6.45, 7) is 0.0976. The number of anilines is 1. The molecule has 1 aliphatic carbocycles. The van der Waals surface area contributed by atoms with Gasteiger partial charge >= 0.3 is 12.1 Å². The maximum Gasteiger partial charge on any atom is 0.417 e. The molecule has 1 fully saturated rings. The van der Waals surface area contributed by atoms with E-state index >= 15 is 0 Å². The van der Waals surface area contributed by atoms with Gasteiger partial charge in [-0.3, -0.25) is 4.79 Å². The van der Waals surface area contributed by atoms with Crippen molar-refractivity contribution in [3.63, 3.8) is 0 Å². The molecule has 0 radical (unpaired) electrons. The number of pyridine rings is 1. The average molecular weight is 295 g/mol. The maximum absolute atomic E-state index is 12.4. The number of carboxylic acid groups (broad SMARTS) is 1. The minimum Gasteiger partial charge on any atom is -0.481 e. The van der Waals surface area contributed by atoms with E-state index in [1.54, 1.807) is 0 Å². The van der Waals surface area contributed by atoms with Crippen LogP contribution >= 0.6 is 11.6 Å². The highest BCUT2D eigenvalue weighted by molar-refractivity contribution is 6.33. The highest BCUT2D eigenvalue weighted by Gasteiger charge is 2.50. The van der Waals surface area contributed by atoms with Gasteiger partial charge < -0.3 is 10.4 Å². The van der Waals surface area contributed by atoms with Crippen LogP contribution < -0.4 is 5.32 Å². The number of aliphatic carboxylic acids is 1. The van der Waals surface area contributed by atoms with E-state index in [1.165, 1.54) is 0 Å². The second kappa shape index (κ2) is 4.56. The van der Waals surface area contributed by atoms with Crippen molar-refractivity contribution in [1.29, 1.82) is 0 Å². The summed E-state index contributed by atoms with van der Waals surface area (Å²) in [5.74, 6) is -0.870. The van der Waals surface area contributed by atoms with E-state index in [4.69, 9.17) is 16.7 Å². The Labute approximate surface area is 111 Å². The molecule has 0 amide bonds. The van der Waals surface area contributed by atoms with Crippen molar-refractivity contribution in [2.75, 3.05) is 11.9 Å². The van der Waals surface area contributed by atoms with Crippen molar-refractivity contribution in [2.45, 2.75) is 19.0 Å². The summed E-state index contributed by atoms with van der Waals surface area (Å²) < 4.78 is 37.2. The highest BCUT2D eigenvalue weighted by atomic mass is 35.5. The Hall–Kier alpha value is -1.50. The smallest absolute Gasteiger partial charge is 0.417 e. The standard InChI is InChI=1S/C11H10ClF3N2O2/c12-7-3-6(11(13,14)15)4-16-8(7)17-5-10(1-2-10)9(18)19/h3-4H,1-2,5H2,(H,16,17)(H,18,19). The van der Waals surface area contributed by atoms with Gasteiger partial charge in [0.25, 0.3) is 0 Å². The molecule has 1 aliphatic rings. The van der Waals surface area contributed by atoms with Crippen LogP contribution in [0.4, 0.5) is 19.0 Å². The second-order valence-corrected chi connectivity index (χ2v) is 4.90. The summed E-state index contributed by atoms with van der Waals surface area (Å²) in [6, 6.07) is 0.761. The number of nitrogens with zero attached hydrogens (tertiary/aromatic N) is 1. The van der Waals surface area contributed by atoms with Gasteiger partial charge in [0.15, 0.2) is 0 Å². The summed E-state index contributed by atoms with van der Waals surface area (Å²) in [7, 11) is 0. The first-order valence-electron chi connectivity index (χ1n) is 5.45. The molecule has 0 atom stereocenters. The number of hydrogen-bond acceptors (Lipinski definition) is 3. The predicted octanol–water partition coefficient (Wildman–Crippen LogP) is 3.03. The lowest BCUT2D eigenvalue weighted by atomic mass is 10.1. The second-order valence-electron chi connectivity index (χ2n) is 4.49. The lowest BCUT2D eigenvalue weighted by Gasteiger charge is -2.13. The van der Waals surface area contributed by atoms with Crippen LogP contribution in [0, 0.1) is 5.41 Å². The Morgan fingerprint density at radius 2 is 2.16 bits per heavy atom. The maximum atomic E-state index is 12.4. The van der Waals surface area contributed by atoms with Crippen molar-refractivity contribution in [3.05, 3.63) is 22.8 Å². The fraction of sp³-hybridized carbons (Fsp3) is 0.455. The minimum absolute atomic E-state index is 0.0576. The topological polar surface area (TPSA) is 62.2 Å². The molecule has 19 heavy (non-hydrogen) atoms. The molecule has 1 heterocycles. The number of alkyl halides is 3. The van der Waals surface area contributed by atoms with E-state index in [0.717, 1.165) is 6.07 Å². The Kier molecular flexibility index (Phi) is 3.34. The van der Waals surface area contributed by atoms with Gasteiger partial charge in [0, 0.05) is 12.7 Å². The summed E-state index contributed by atoms with van der Waals surface area (Å²) in [6.07, 6.45) is -2.77. The number of rotatable bonds is 4. The molecule has 2 N–H and O–H groups in total. The van der Waals surface area contributed by atoms with Crippen molar-refractivity contribution >= 4 is 23.4 Å². The van der Waals surface area contributed by atoms with E-state index in [0.29, 0.717) is 19.0 Å². The Morgan fingerprint density at radius 3 is 2.58 bits per heavy atom. The molecule has 0 aliphatic heterocycles. The number of carbonyl (C=O) groups is 1. The molecule has 0 unspecified atom stereocenters. The number of hydrogen-bond donors (Lipinski definition) is 2. The van der Waals surface area contributed by atoms with Crippen molar-refractivity contribution in [1.82, 2.24) is 4.98 Å². The van der Waals surface area contributed by atoms with Gasteiger partial charge in [0.1, 0.15) is 5.82 Å². The van der Waals surface area contributed by atoms with E-state index in [2.05, 4.69) is 10.3 Å². The van der Waals surface area contributed by atoms with Crippen LogP contribution in [0.5, 0.6) is 0 Å². The van der Waals surface area contributed by atoms with Crippen molar-refractivity contribution in [2.24, 2.45) is 5.41 Å². The van der Waals surface area contributed by atoms with Crippen LogP contribution in [0.15, 0.2) is 12.3 Å². The molecule has 1 saturated carbocycles. The zero-order chi connectivity index (χ0) is 14.3. The van der Waals surface area contributed by atoms with Gasteiger partial charge in [-0.1, -0.05) is 11.6 Å². The highest BCUT2D eigenvalue weighted by Crippen LogP contribution is 2.46. The molecule has 1 aromatic rings. The largest absolute Gasteiger partial charge is 0.481 e. The quantitative estimate of drug-likeness (QED) is 0.896. The number of carboxylic acids is 1. The predicted molar refractivity (Wildman–Crippen MR) is 62.0 cm³/mol. The zero-order valence-corrected chi connectivity index (χ0v) is 10.3. The van der Waals surface area contributed by atoms with Crippen LogP contribution in [0.3, 0.4) is 0 Å². The molecule has 0 aromatic carbocycles. The Morgan fingerprint density at radius 1 is 1.53 bits per heavy atom. The molecule has 0 bridgehead atoms. The Bertz CT molecular complexity index is 515. The molecule has 0 saturated heterocycles. The van der Waals surface area contributed by atoms with E-state index in [9.17, 15) is 18.0 Å². The summed E-state index contributed by atoms with van der Waals surface area (Å²) in [5.41, 5.74) is -1.78. The van der Waals surface area contributed by atoms with Crippen molar-refractivity contribution < 1.29 is 23.1 Å². The minimum atomic E-state index is -4.51. The van der Waals surface area contributed by atoms with Gasteiger partial charge in [-0.05, 0) is 18.9 Å². The third kappa shape index (κ3) is 2.91. The first-order valence-corrected chi connectivity index (χ1v) is 5.82. The lowest BCUT2D eigenvalue weighted by Crippen LogP contribution is -2.24. The molecular weight excluding hydrogens is 285 g/mol. The molecule has 0 spiro atoms. The monoisotopic (exact) mass is 294 g/mol. The summed E-state index contributed by atoms with van der Waals surface area (Å²) >= 11 is 5.69. The van der Waals surface area contributed by atoms with Gasteiger partial charge in [0.05, 0.1) is 16.0 Å². The van der Waals surface area contributed by atoms with Gasteiger partial charge in [-0.15, -0.1) is 0 Å². The Balaban J connectivity index is 2.08. The summed E-state index contributed by atoms with van der Waals surface area (Å²) in [4.78, 5) is 14.5. The normalized spacial score (nSPS) is 17.1. The first-order chi connectivity index (χ1) is 8.74.